The molecule has 0 aromatic rings. The van der Waals surface area contributed by atoms with Crippen molar-refractivity contribution in [3.05, 3.63) is 0 Å². The molecule has 1 saturated heterocycles. The van der Waals surface area contributed by atoms with Gasteiger partial charge in [-0.05, 0) is 25.3 Å². The van der Waals surface area contributed by atoms with E-state index in [1.165, 1.54) is 6.42 Å². The van der Waals surface area contributed by atoms with E-state index in [1.54, 1.807) is 0 Å². The van der Waals surface area contributed by atoms with Gasteiger partial charge >= 0.3 is 0 Å². The van der Waals surface area contributed by atoms with Crippen LogP contribution in [0.4, 0.5) is 0 Å². The van der Waals surface area contributed by atoms with E-state index in [-0.39, 0.29) is 5.54 Å². The normalized spacial score (nSPS) is 27.6. The van der Waals surface area contributed by atoms with Gasteiger partial charge in [0.2, 0.25) is 0 Å². The van der Waals surface area contributed by atoms with E-state index in [4.69, 9.17) is 10.5 Å². The highest BCUT2D eigenvalue weighted by molar-refractivity contribution is 4.93. The number of ether oxygens (including phenoxy) is 1. The fourth-order valence-electron chi connectivity index (χ4n) is 2.48. The number of hydrogen-bond donors (Lipinski definition) is 1. The van der Waals surface area contributed by atoms with Gasteiger partial charge in [-0.3, -0.25) is 4.90 Å². The van der Waals surface area contributed by atoms with Crippen molar-refractivity contribution in [3.63, 3.8) is 0 Å². The molecule has 0 radical (unpaired) electrons. The van der Waals surface area contributed by atoms with Crippen LogP contribution in [0.2, 0.25) is 0 Å². The first-order valence-corrected chi connectivity index (χ1v) is 6.17. The third kappa shape index (κ3) is 3.16. The van der Waals surface area contributed by atoms with E-state index in [9.17, 15) is 0 Å². The van der Waals surface area contributed by atoms with Crippen molar-refractivity contribution < 1.29 is 4.74 Å². The van der Waals surface area contributed by atoms with Crippen molar-refractivity contribution >= 4 is 0 Å². The van der Waals surface area contributed by atoms with Crippen LogP contribution in [0, 0.1) is 5.92 Å². The molecule has 0 aromatic carbocycles. The minimum Gasteiger partial charge on any atom is -0.379 e. The molecule has 0 aromatic heterocycles. The second-order valence-electron chi connectivity index (χ2n) is 5.02. The largest absolute Gasteiger partial charge is 0.379 e. The van der Waals surface area contributed by atoms with Gasteiger partial charge in [0.1, 0.15) is 0 Å². The molecule has 1 aliphatic rings. The van der Waals surface area contributed by atoms with Gasteiger partial charge in [-0.25, -0.2) is 0 Å². The summed E-state index contributed by atoms with van der Waals surface area (Å²) in [6, 6.07) is 0. The molecule has 2 N–H and O–H groups in total. The molecule has 0 spiro atoms. The average Bonchev–Trinajstić information content (AvgIpc) is 2.26. The monoisotopic (exact) mass is 214 g/mol. The summed E-state index contributed by atoms with van der Waals surface area (Å²) >= 11 is 0. The maximum absolute atomic E-state index is 5.97. The van der Waals surface area contributed by atoms with Gasteiger partial charge in [0.15, 0.2) is 0 Å². The van der Waals surface area contributed by atoms with Crippen LogP contribution < -0.4 is 5.73 Å². The van der Waals surface area contributed by atoms with Gasteiger partial charge in [0, 0.05) is 19.7 Å². The molecule has 0 amide bonds. The summed E-state index contributed by atoms with van der Waals surface area (Å²) in [6.45, 7) is 11.4. The van der Waals surface area contributed by atoms with Crippen LogP contribution in [0.3, 0.4) is 0 Å². The Morgan fingerprint density at radius 3 is 2.60 bits per heavy atom. The smallest absolute Gasteiger partial charge is 0.0662 e. The van der Waals surface area contributed by atoms with E-state index in [0.29, 0.717) is 12.5 Å². The highest BCUT2D eigenvalue weighted by Crippen LogP contribution is 2.26. The lowest BCUT2D eigenvalue weighted by atomic mass is 9.89. The summed E-state index contributed by atoms with van der Waals surface area (Å²) in [5.74, 6) is 0.690. The number of rotatable bonds is 5. The molecule has 1 heterocycles. The molecule has 1 fully saturated rings. The number of hydrogen-bond acceptors (Lipinski definition) is 3. The second-order valence-corrected chi connectivity index (χ2v) is 5.02. The van der Waals surface area contributed by atoms with E-state index in [1.807, 2.05) is 0 Å². The predicted octanol–water partition coefficient (Wildman–Crippen LogP) is 1.47. The third-order valence-corrected chi connectivity index (χ3v) is 3.32. The summed E-state index contributed by atoms with van der Waals surface area (Å²) < 4.78 is 5.62. The van der Waals surface area contributed by atoms with Gasteiger partial charge in [-0.1, -0.05) is 20.8 Å². The minimum absolute atomic E-state index is 0.108. The Morgan fingerprint density at radius 2 is 2.20 bits per heavy atom. The summed E-state index contributed by atoms with van der Waals surface area (Å²) in [5.41, 5.74) is 6.08. The maximum Gasteiger partial charge on any atom is 0.0662 e. The van der Waals surface area contributed by atoms with Crippen molar-refractivity contribution in [1.29, 1.82) is 0 Å². The lowest BCUT2D eigenvalue weighted by molar-refractivity contribution is -0.0470. The van der Waals surface area contributed by atoms with Crippen molar-refractivity contribution in [2.24, 2.45) is 11.7 Å². The van der Waals surface area contributed by atoms with Crippen LogP contribution in [0.15, 0.2) is 0 Å². The summed E-state index contributed by atoms with van der Waals surface area (Å²) in [5, 5.41) is 0. The molecular formula is C12H26N2O. The van der Waals surface area contributed by atoms with Crippen molar-refractivity contribution in [1.82, 2.24) is 4.90 Å². The average molecular weight is 214 g/mol. The highest BCUT2D eigenvalue weighted by atomic mass is 16.5. The molecule has 1 unspecified atom stereocenters. The fraction of sp³-hybridized carbons (Fsp3) is 1.00. The Morgan fingerprint density at radius 1 is 1.47 bits per heavy atom. The Hall–Kier alpha value is -0.120. The summed E-state index contributed by atoms with van der Waals surface area (Å²) in [4.78, 5) is 2.51. The van der Waals surface area contributed by atoms with Crippen molar-refractivity contribution in [2.75, 3.05) is 32.8 Å². The van der Waals surface area contributed by atoms with Crippen molar-refractivity contribution in [3.8, 4) is 0 Å². The summed E-state index contributed by atoms with van der Waals surface area (Å²) in [6.07, 6.45) is 2.33. The fourth-order valence-corrected chi connectivity index (χ4v) is 2.48. The van der Waals surface area contributed by atoms with Crippen LogP contribution in [0.5, 0.6) is 0 Å². The molecule has 0 aliphatic carbocycles. The SMILES string of the molecule is CCN(CC(C)C)C1(CN)CCCOC1. The van der Waals surface area contributed by atoms with Crippen LogP contribution in [-0.2, 0) is 4.74 Å². The van der Waals surface area contributed by atoms with Crippen molar-refractivity contribution in [2.45, 2.75) is 39.2 Å². The zero-order chi connectivity index (χ0) is 11.3. The van der Waals surface area contributed by atoms with E-state index < -0.39 is 0 Å². The standard InChI is InChI=1S/C12H26N2O/c1-4-14(8-11(2)3)12(9-13)6-5-7-15-10-12/h11H,4-10,13H2,1-3H3. The molecule has 1 atom stereocenters. The first-order valence-electron chi connectivity index (χ1n) is 6.17. The van der Waals surface area contributed by atoms with Gasteiger partial charge in [-0.15, -0.1) is 0 Å². The zero-order valence-corrected chi connectivity index (χ0v) is 10.5. The Balaban J connectivity index is 2.67. The molecule has 15 heavy (non-hydrogen) atoms. The van der Waals surface area contributed by atoms with Crippen LogP contribution in [-0.4, -0.2) is 43.3 Å². The molecule has 3 heteroatoms. The van der Waals surface area contributed by atoms with E-state index >= 15 is 0 Å². The van der Waals surface area contributed by atoms with Crippen LogP contribution in [0.1, 0.15) is 33.6 Å². The number of likely N-dealkylation sites (N-methyl/N-ethyl adjacent to an activating group) is 1. The van der Waals surface area contributed by atoms with Gasteiger partial charge < -0.3 is 10.5 Å². The maximum atomic E-state index is 5.97. The first-order chi connectivity index (χ1) is 7.14. The number of nitrogens with zero attached hydrogens (tertiary/aromatic N) is 1. The Kier molecular flexibility index (Phi) is 5.03. The predicted molar refractivity (Wildman–Crippen MR) is 63.9 cm³/mol. The lowest BCUT2D eigenvalue weighted by Crippen LogP contribution is -2.59. The van der Waals surface area contributed by atoms with Gasteiger partial charge in [0.05, 0.1) is 12.1 Å². The number of nitrogens with two attached hydrogens (primary N) is 1. The van der Waals surface area contributed by atoms with Crippen LogP contribution >= 0.6 is 0 Å². The van der Waals surface area contributed by atoms with E-state index in [0.717, 1.165) is 32.7 Å². The highest BCUT2D eigenvalue weighted by Gasteiger charge is 2.36. The van der Waals surface area contributed by atoms with E-state index in [2.05, 4.69) is 25.7 Å². The molecule has 0 saturated carbocycles. The Bertz CT molecular complexity index is 176. The van der Waals surface area contributed by atoms with Gasteiger partial charge in [0.25, 0.3) is 0 Å². The molecule has 3 nitrogen and oxygen atoms in total. The molecule has 1 rings (SSSR count). The Labute approximate surface area is 94.0 Å². The zero-order valence-electron chi connectivity index (χ0n) is 10.5. The molecular weight excluding hydrogens is 188 g/mol. The quantitative estimate of drug-likeness (QED) is 0.753. The van der Waals surface area contributed by atoms with Gasteiger partial charge in [-0.2, -0.15) is 0 Å². The second kappa shape index (κ2) is 5.83. The minimum atomic E-state index is 0.108. The molecule has 1 aliphatic heterocycles. The third-order valence-electron chi connectivity index (χ3n) is 3.32. The first kappa shape index (κ1) is 12.9. The topological polar surface area (TPSA) is 38.5 Å². The molecule has 90 valence electrons. The lowest BCUT2D eigenvalue weighted by Gasteiger charge is -2.46. The van der Waals surface area contributed by atoms with Crippen LogP contribution in [0.25, 0.3) is 0 Å². The molecule has 0 bridgehead atoms. The summed E-state index contributed by atoms with van der Waals surface area (Å²) in [7, 11) is 0.